The molecule has 1 aromatic carbocycles. The molecule has 0 saturated heterocycles. The van der Waals surface area contributed by atoms with E-state index in [4.69, 9.17) is 0 Å². The van der Waals surface area contributed by atoms with Crippen LogP contribution in [0, 0.1) is 0 Å². The first-order valence-electron chi connectivity index (χ1n) is 4.13. The zero-order chi connectivity index (χ0) is 10.7. The van der Waals surface area contributed by atoms with Crippen molar-refractivity contribution < 1.29 is 9.90 Å². The van der Waals surface area contributed by atoms with Gasteiger partial charge >= 0.3 is 0 Å². The van der Waals surface area contributed by atoms with Crippen molar-refractivity contribution in [3.05, 3.63) is 35.3 Å². The van der Waals surface area contributed by atoms with Gasteiger partial charge in [0.25, 0.3) is 5.91 Å². The Labute approximate surface area is 89.4 Å². The molecule has 2 aromatic rings. The van der Waals surface area contributed by atoms with Gasteiger partial charge in [0.15, 0.2) is 0 Å². The van der Waals surface area contributed by atoms with E-state index in [1.54, 1.807) is 12.1 Å². The summed E-state index contributed by atoms with van der Waals surface area (Å²) in [7, 11) is 0. The molecule has 0 unspecified atom stereocenters. The van der Waals surface area contributed by atoms with Gasteiger partial charge in [0.2, 0.25) is 5.13 Å². The van der Waals surface area contributed by atoms with Crippen molar-refractivity contribution in [3.63, 3.8) is 0 Å². The Bertz CT molecular complexity index is 470. The average molecular weight is 221 g/mol. The van der Waals surface area contributed by atoms with Crippen LogP contribution in [0.25, 0.3) is 0 Å². The van der Waals surface area contributed by atoms with E-state index in [0.717, 1.165) is 0 Å². The van der Waals surface area contributed by atoms with Gasteiger partial charge in [0.05, 0.1) is 5.56 Å². The summed E-state index contributed by atoms with van der Waals surface area (Å²) in [5.74, 6) is -0.454. The van der Waals surface area contributed by atoms with Gasteiger partial charge in [-0.3, -0.25) is 10.1 Å². The molecule has 0 aliphatic heterocycles. The Morgan fingerprint density at radius 1 is 1.40 bits per heavy atom. The van der Waals surface area contributed by atoms with Gasteiger partial charge in [0.1, 0.15) is 11.3 Å². The number of nitrogens with zero attached hydrogens (tertiary/aromatic N) is 2. The Morgan fingerprint density at radius 3 is 2.87 bits per heavy atom. The third kappa shape index (κ3) is 2.10. The van der Waals surface area contributed by atoms with Crippen LogP contribution in [0.1, 0.15) is 10.4 Å². The van der Waals surface area contributed by atoms with Crippen LogP contribution in [0.5, 0.6) is 5.75 Å². The summed E-state index contributed by atoms with van der Waals surface area (Å²) >= 11 is 1.22. The lowest BCUT2D eigenvalue weighted by Gasteiger charge is -2.02. The minimum atomic E-state index is -0.398. The summed E-state index contributed by atoms with van der Waals surface area (Å²) in [6.45, 7) is 0. The fourth-order valence-electron chi connectivity index (χ4n) is 1.06. The Kier molecular flexibility index (Phi) is 2.59. The first-order chi connectivity index (χ1) is 7.27. The van der Waals surface area contributed by atoms with Crippen LogP contribution < -0.4 is 5.32 Å². The number of amides is 1. The number of benzene rings is 1. The maximum Gasteiger partial charge on any atom is 0.261 e. The summed E-state index contributed by atoms with van der Waals surface area (Å²) in [6.07, 6.45) is 0. The number of aromatic hydroxyl groups is 1. The topological polar surface area (TPSA) is 75.1 Å². The van der Waals surface area contributed by atoms with E-state index in [9.17, 15) is 9.90 Å². The third-order valence-electron chi connectivity index (χ3n) is 1.73. The molecule has 0 fully saturated rings. The number of nitrogens with one attached hydrogen (secondary N) is 1. The quantitative estimate of drug-likeness (QED) is 0.805. The van der Waals surface area contributed by atoms with E-state index < -0.39 is 5.91 Å². The van der Waals surface area contributed by atoms with Crippen LogP contribution in [-0.2, 0) is 0 Å². The van der Waals surface area contributed by atoms with Gasteiger partial charge in [-0.2, -0.15) is 0 Å². The molecule has 1 heterocycles. The van der Waals surface area contributed by atoms with Gasteiger partial charge in [-0.1, -0.05) is 23.5 Å². The van der Waals surface area contributed by atoms with E-state index in [2.05, 4.69) is 15.5 Å². The van der Waals surface area contributed by atoms with E-state index in [1.807, 2.05) is 0 Å². The monoisotopic (exact) mass is 221 g/mol. The maximum absolute atomic E-state index is 11.6. The van der Waals surface area contributed by atoms with Crippen LogP contribution in [0.4, 0.5) is 5.13 Å². The minimum Gasteiger partial charge on any atom is -0.507 e. The Balaban J connectivity index is 2.19. The highest BCUT2D eigenvalue weighted by molar-refractivity contribution is 7.13. The number of aromatic nitrogens is 2. The van der Waals surface area contributed by atoms with Crippen molar-refractivity contribution in [1.82, 2.24) is 10.2 Å². The van der Waals surface area contributed by atoms with Crippen molar-refractivity contribution in [1.29, 1.82) is 0 Å². The Hall–Kier alpha value is -1.95. The van der Waals surface area contributed by atoms with Crippen LogP contribution in [0.2, 0.25) is 0 Å². The molecule has 0 bridgehead atoms. The van der Waals surface area contributed by atoms with Crippen LogP contribution in [0.3, 0.4) is 0 Å². The van der Waals surface area contributed by atoms with Crippen LogP contribution >= 0.6 is 11.3 Å². The minimum absolute atomic E-state index is 0.0560. The smallest absolute Gasteiger partial charge is 0.261 e. The molecule has 5 nitrogen and oxygen atoms in total. The van der Waals surface area contributed by atoms with Crippen molar-refractivity contribution in [2.75, 3.05) is 5.32 Å². The lowest BCUT2D eigenvalue weighted by Crippen LogP contribution is -2.11. The number of hydrogen-bond donors (Lipinski definition) is 2. The predicted octanol–water partition coefficient (Wildman–Crippen LogP) is 1.50. The zero-order valence-corrected chi connectivity index (χ0v) is 8.36. The largest absolute Gasteiger partial charge is 0.507 e. The number of carbonyl (C=O) groups excluding carboxylic acids is 1. The van der Waals surface area contributed by atoms with E-state index >= 15 is 0 Å². The van der Waals surface area contributed by atoms with Crippen LogP contribution in [0.15, 0.2) is 29.8 Å². The van der Waals surface area contributed by atoms with E-state index in [1.165, 1.54) is 29.0 Å². The first kappa shape index (κ1) is 9.60. The zero-order valence-electron chi connectivity index (χ0n) is 7.54. The van der Waals surface area contributed by atoms with Crippen molar-refractivity contribution >= 4 is 22.4 Å². The highest BCUT2D eigenvalue weighted by Crippen LogP contribution is 2.17. The number of phenolic OH excluding ortho intramolecular Hbond substituents is 1. The average Bonchev–Trinajstić information content (AvgIpc) is 2.71. The number of carbonyl (C=O) groups is 1. The van der Waals surface area contributed by atoms with Crippen molar-refractivity contribution in [2.24, 2.45) is 0 Å². The number of anilines is 1. The fraction of sp³-hybridized carbons (Fsp3) is 0. The SMILES string of the molecule is O=C(Nc1nncs1)c1ccccc1O. The molecule has 0 aliphatic rings. The summed E-state index contributed by atoms with van der Waals surface area (Å²) in [5.41, 5.74) is 1.73. The molecule has 0 saturated carbocycles. The molecule has 76 valence electrons. The second kappa shape index (κ2) is 4.05. The maximum atomic E-state index is 11.6. The lowest BCUT2D eigenvalue weighted by molar-refractivity contribution is 0.102. The van der Waals surface area contributed by atoms with E-state index in [-0.39, 0.29) is 11.3 Å². The number of rotatable bonds is 2. The molecule has 15 heavy (non-hydrogen) atoms. The molecule has 6 heteroatoms. The number of hydrogen-bond acceptors (Lipinski definition) is 5. The van der Waals surface area contributed by atoms with E-state index in [0.29, 0.717) is 5.13 Å². The number of para-hydroxylation sites is 1. The number of phenols is 1. The molecule has 2 rings (SSSR count). The normalized spacial score (nSPS) is 9.87. The standard InChI is InChI=1S/C9H7N3O2S/c13-7-4-2-1-3-6(7)8(14)11-9-12-10-5-15-9/h1-5,13H,(H,11,12,14). The molecular weight excluding hydrogens is 214 g/mol. The van der Waals surface area contributed by atoms with Gasteiger partial charge < -0.3 is 5.11 Å². The molecule has 0 spiro atoms. The van der Waals surface area contributed by atoms with Gasteiger partial charge in [-0.15, -0.1) is 10.2 Å². The predicted molar refractivity (Wildman–Crippen MR) is 56.0 cm³/mol. The second-order valence-electron chi connectivity index (χ2n) is 2.72. The van der Waals surface area contributed by atoms with Gasteiger partial charge in [-0.05, 0) is 12.1 Å². The molecular formula is C9H7N3O2S. The second-order valence-corrected chi connectivity index (χ2v) is 3.55. The Morgan fingerprint density at radius 2 is 2.20 bits per heavy atom. The lowest BCUT2D eigenvalue weighted by atomic mass is 10.2. The van der Waals surface area contributed by atoms with Gasteiger partial charge in [0, 0.05) is 0 Å². The molecule has 0 atom stereocenters. The summed E-state index contributed by atoms with van der Waals surface area (Å²) < 4.78 is 0. The summed E-state index contributed by atoms with van der Waals surface area (Å²) in [6, 6.07) is 6.31. The fourth-order valence-corrected chi connectivity index (χ4v) is 1.50. The first-order valence-corrected chi connectivity index (χ1v) is 5.01. The van der Waals surface area contributed by atoms with Crippen molar-refractivity contribution in [2.45, 2.75) is 0 Å². The summed E-state index contributed by atoms with van der Waals surface area (Å²) in [4.78, 5) is 11.6. The molecule has 1 aromatic heterocycles. The third-order valence-corrected chi connectivity index (χ3v) is 2.34. The molecule has 0 aliphatic carbocycles. The van der Waals surface area contributed by atoms with Gasteiger partial charge in [-0.25, -0.2) is 0 Å². The highest BCUT2D eigenvalue weighted by atomic mass is 32.1. The summed E-state index contributed by atoms with van der Waals surface area (Å²) in [5, 5.41) is 19.6. The molecule has 2 N–H and O–H groups in total. The van der Waals surface area contributed by atoms with Crippen LogP contribution in [-0.4, -0.2) is 21.2 Å². The molecule has 1 amide bonds. The highest BCUT2D eigenvalue weighted by Gasteiger charge is 2.11. The van der Waals surface area contributed by atoms with Crippen molar-refractivity contribution in [3.8, 4) is 5.75 Å². The molecule has 0 radical (unpaired) electrons.